The van der Waals surface area contributed by atoms with Crippen molar-refractivity contribution in [2.24, 2.45) is 0 Å². The molecule has 0 spiro atoms. The van der Waals surface area contributed by atoms with Crippen LogP contribution in [-0.4, -0.2) is 41.2 Å². The number of benzene rings is 3. The van der Waals surface area contributed by atoms with Crippen molar-refractivity contribution < 1.29 is 9.52 Å². The number of hydrogen-bond donors (Lipinski definition) is 1. The van der Waals surface area contributed by atoms with Crippen LogP contribution >= 0.6 is 0 Å². The molecule has 3 aromatic carbocycles. The summed E-state index contributed by atoms with van der Waals surface area (Å²) in [6.45, 7) is 4.15. The van der Waals surface area contributed by atoms with E-state index >= 15 is 0 Å². The van der Waals surface area contributed by atoms with Gasteiger partial charge in [0.1, 0.15) is 11.4 Å². The topological polar surface area (TPSA) is 52.7 Å². The molecule has 0 atom stereocenters. The second-order valence-corrected chi connectivity index (χ2v) is 7.77. The van der Waals surface area contributed by atoms with Crippen LogP contribution in [0.4, 0.5) is 5.69 Å². The van der Waals surface area contributed by atoms with Gasteiger partial charge in [-0.2, -0.15) is 0 Å². The summed E-state index contributed by atoms with van der Waals surface area (Å²) < 4.78 is 6.28. The van der Waals surface area contributed by atoms with E-state index in [2.05, 4.69) is 34.1 Å². The molecule has 156 valence electrons. The first-order chi connectivity index (χ1) is 15.3. The Bertz CT molecular complexity index is 1080. The Labute approximate surface area is 182 Å². The zero-order chi connectivity index (χ0) is 21.0. The van der Waals surface area contributed by atoms with Crippen molar-refractivity contribution in [3.8, 4) is 28.3 Å². The first-order valence-corrected chi connectivity index (χ1v) is 10.6. The van der Waals surface area contributed by atoms with Crippen molar-refractivity contribution in [2.45, 2.75) is 6.54 Å². The summed E-state index contributed by atoms with van der Waals surface area (Å²) in [5.74, 6) is 1.88. The van der Waals surface area contributed by atoms with E-state index in [-0.39, 0.29) is 0 Å². The maximum atomic E-state index is 10.1. The summed E-state index contributed by atoms with van der Waals surface area (Å²) in [6, 6.07) is 27.9. The first-order valence-electron chi connectivity index (χ1n) is 10.6. The summed E-state index contributed by atoms with van der Waals surface area (Å²) in [5, 5.41) is 10.1. The SMILES string of the molecule is Oc1ccccc1N1CCN(Cc2nc(-c3ccccc3)c(-c3ccccc3)o2)CC1. The fraction of sp³-hybridized carbons (Fsp3) is 0.192. The zero-order valence-electron chi connectivity index (χ0n) is 17.3. The highest BCUT2D eigenvalue weighted by atomic mass is 16.4. The third-order valence-corrected chi connectivity index (χ3v) is 5.71. The number of piperazine rings is 1. The Kier molecular flexibility index (Phi) is 5.42. The fourth-order valence-electron chi connectivity index (χ4n) is 4.08. The standard InChI is InChI=1S/C26H25N3O2/c30-23-14-8-7-13-22(23)29-17-15-28(16-18-29)19-24-27-25(20-9-3-1-4-10-20)26(31-24)21-11-5-2-6-12-21/h1-14,30H,15-19H2. The molecule has 0 radical (unpaired) electrons. The van der Waals surface area contributed by atoms with E-state index in [1.54, 1.807) is 6.07 Å². The minimum atomic E-state index is 0.337. The van der Waals surface area contributed by atoms with Crippen LogP contribution in [0.3, 0.4) is 0 Å². The Hall–Kier alpha value is -3.57. The lowest BCUT2D eigenvalue weighted by atomic mass is 10.1. The molecule has 0 unspecified atom stereocenters. The Morgan fingerprint density at radius 1 is 0.742 bits per heavy atom. The first kappa shape index (κ1) is 19.4. The molecule has 0 amide bonds. The molecule has 0 bridgehead atoms. The van der Waals surface area contributed by atoms with Gasteiger partial charge in [0.2, 0.25) is 5.89 Å². The zero-order valence-corrected chi connectivity index (χ0v) is 17.3. The van der Waals surface area contributed by atoms with E-state index in [1.165, 1.54) is 0 Å². The molecule has 1 aromatic heterocycles. The highest BCUT2D eigenvalue weighted by Crippen LogP contribution is 2.33. The molecule has 1 fully saturated rings. The average molecular weight is 412 g/mol. The van der Waals surface area contributed by atoms with Gasteiger partial charge in [-0.3, -0.25) is 4.90 Å². The number of oxazole rings is 1. The molecule has 5 nitrogen and oxygen atoms in total. The van der Waals surface area contributed by atoms with E-state index in [0.29, 0.717) is 12.3 Å². The summed E-state index contributed by atoms with van der Waals surface area (Å²) >= 11 is 0. The molecular weight excluding hydrogens is 386 g/mol. The van der Waals surface area contributed by atoms with Crippen molar-refractivity contribution in [1.29, 1.82) is 0 Å². The predicted octanol–water partition coefficient (Wildman–Crippen LogP) is 5.04. The monoisotopic (exact) mass is 411 g/mol. The van der Waals surface area contributed by atoms with E-state index in [0.717, 1.165) is 60.3 Å². The third-order valence-electron chi connectivity index (χ3n) is 5.71. The maximum absolute atomic E-state index is 10.1. The summed E-state index contributed by atoms with van der Waals surface area (Å²) in [6.07, 6.45) is 0. The van der Waals surface area contributed by atoms with Crippen LogP contribution in [0, 0.1) is 0 Å². The lowest BCUT2D eigenvalue weighted by Gasteiger charge is -2.35. The van der Waals surface area contributed by atoms with Gasteiger partial charge in [0.15, 0.2) is 5.76 Å². The number of hydrogen-bond acceptors (Lipinski definition) is 5. The molecule has 1 saturated heterocycles. The molecule has 5 rings (SSSR count). The third kappa shape index (κ3) is 4.18. The van der Waals surface area contributed by atoms with Crippen LogP contribution in [0.15, 0.2) is 89.3 Å². The fourth-order valence-corrected chi connectivity index (χ4v) is 4.08. The highest BCUT2D eigenvalue weighted by Gasteiger charge is 2.22. The van der Waals surface area contributed by atoms with Gasteiger partial charge in [-0.05, 0) is 12.1 Å². The Morgan fingerprint density at radius 3 is 2.03 bits per heavy atom. The normalized spacial score (nSPS) is 14.6. The number of phenolic OH excluding ortho intramolecular Hbond substituents is 1. The number of anilines is 1. The van der Waals surface area contributed by atoms with Crippen LogP contribution in [-0.2, 0) is 6.54 Å². The van der Waals surface area contributed by atoms with Gasteiger partial charge in [0.25, 0.3) is 0 Å². The molecule has 1 N–H and O–H groups in total. The van der Waals surface area contributed by atoms with Crippen LogP contribution in [0.1, 0.15) is 5.89 Å². The quantitative estimate of drug-likeness (QED) is 0.499. The molecule has 2 heterocycles. The number of para-hydroxylation sites is 2. The van der Waals surface area contributed by atoms with E-state index in [1.807, 2.05) is 54.6 Å². The molecule has 0 aliphatic carbocycles. The van der Waals surface area contributed by atoms with Gasteiger partial charge < -0.3 is 14.4 Å². The van der Waals surface area contributed by atoms with Gasteiger partial charge in [-0.25, -0.2) is 4.98 Å². The Morgan fingerprint density at radius 2 is 1.35 bits per heavy atom. The second-order valence-electron chi connectivity index (χ2n) is 7.77. The van der Waals surface area contributed by atoms with E-state index in [9.17, 15) is 5.11 Å². The lowest BCUT2D eigenvalue weighted by Crippen LogP contribution is -2.46. The summed E-state index contributed by atoms with van der Waals surface area (Å²) in [4.78, 5) is 9.46. The van der Waals surface area contributed by atoms with E-state index < -0.39 is 0 Å². The van der Waals surface area contributed by atoms with Crippen molar-refractivity contribution in [1.82, 2.24) is 9.88 Å². The smallest absolute Gasteiger partial charge is 0.209 e. The minimum Gasteiger partial charge on any atom is -0.506 e. The van der Waals surface area contributed by atoms with Crippen LogP contribution in [0.2, 0.25) is 0 Å². The number of nitrogens with zero attached hydrogens (tertiary/aromatic N) is 3. The molecule has 31 heavy (non-hydrogen) atoms. The maximum Gasteiger partial charge on any atom is 0.209 e. The van der Waals surface area contributed by atoms with Gasteiger partial charge in [0.05, 0.1) is 12.2 Å². The van der Waals surface area contributed by atoms with Crippen LogP contribution in [0.25, 0.3) is 22.6 Å². The minimum absolute atomic E-state index is 0.337. The molecule has 0 saturated carbocycles. The molecule has 4 aromatic rings. The van der Waals surface area contributed by atoms with Crippen molar-refractivity contribution in [2.75, 3.05) is 31.1 Å². The van der Waals surface area contributed by atoms with Crippen molar-refractivity contribution >= 4 is 5.69 Å². The second kappa shape index (κ2) is 8.66. The molecular formula is C26H25N3O2. The van der Waals surface area contributed by atoms with Gasteiger partial charge in [0, 0.05) is 37.3 Å². The summed E-state index contributed by atoms with van der Waals surface area (Å²) in [7, 11) is 0. The van der Waals surface area contributed by atoms with E-state index in [4.69, 9.17) is 9.40 Å². The number of aromatic nitrogens is 1. The largest absolute Gasteiger partial charge is 0.506 e. The average Bonchev–Trinajstić information content (AvgIpc) is 3.25. The Balaban J connectivity index is 1.35. The number of rotatable bonds is 5. The van der Waals surface area contributed by atoms with Crippen molar-refractivity contribution in [3.63, 3.8) is 0 Å². The molecule has 1 aliphatic rings. The lowest BCUT2D eigenvalue weighted by molar-refractivity contribution is 0.226. The molecule has 1 aliphatic heterocycles. The van der Waals surface area contributed by atoms with Crippen molar-refractivity contribution in [3.05, 3.63) is 90.8 Å². The van der Waals surface area contributed by atoms with Gasteiger partial charge in [-0.1, -0.05) is 72.8 Å². The highest BCUT2D eigenvalue weighted by molar-refractivity contribution is 5.76. The van der Waals surface area contributed by atoms with Gasteiger partial charge in [-0.15, -0.1) is 0 Å². The molecule has 5 heteroatoms. The van der Waals surface area contributed by atoms with Crippen LogP contribution < -0.4 is 4.90 Å². The number of aromatic hydroxyl groups is 1. The number of phenols is 1. The summed E-state index contributed by atoms with van der Waals surface area (Å²) in [5.41, 5.74) is 3.87. The predicted molar refractivity (Wildman–Crippen MR) is 123 cm³/mol. The van der Waals surface area contributed by atoms with Gasteiger partial charge >= 0.3 is 0 Å². The van der Waals surface area contributed by atoms with Crippen LogP contribution in [0.5, 0.6) is 5.75 Å².